The van der Waals surface area contributed by atoms with Crippen LogP contribution in [0.2, 0.25) is 0 Å². The summed E-state index contributed by atoms with van der Waals surface area (Å²) in [7, 11) is 0. The van der Waals surface area contributed by atoms with E-state index in [9.17, 15) is 4.79 Å². The molecule has 0 aromatic heterocycles. The second-order valence-electron chi connectivity index (χ2n) is 7.19. The van der Waals surface area contributed by atoms with Gasteiger partial charge in [-0.2, -0.15) is 0 Å². The lowest BCUT2D eigenvalue weighted by atomic mass is 9.97. The van der Waals surface area contributed by atoms with Gasteiger partial charge in [-0.1, -0.05) is 36.4 Å². The fourth-order valence-electron chi connectivity index (χ4n) is 3.60. The van der Waals surface area contributed by atoms with E-state index in [0.29, 0.717) is 18.9 Å². The molecule has 0 spiro atoms. The van der Waals surface area contributed by atoms with E-state index in [1.54, 1.807) is 0 Å². The average Bonchev–Trinajstić information content (AvgIpc) is 3.17. The maximum atomic E-state index is 12.6. The molecule has 5 heteroatoms. The van der Waals surface area contributed by atoms with Crippen LogP contribution in [0, 0.1) is 5.92 Å². The van der Waals surface area contributed by atoms with E-state index in [-0.39, 0.29) is 12.7 Å². The molecule has 2 aromatic rings. The smallest absolute Gasteiger partial charge is 0.231 e. The Balaban J connectivity index is 1.20. The summed E-state index contributed by atoms with van der Waals surface area (Å²) in [6.45, 7) is 3.29. The quantitative estimate of drug-likeness (QED) is 0.785. The van der Waals surface area contributed by atoms with E-state index >= 15 is 0 Å². The van der Waals surface area contributed by atoms with Gasteiger partial charge in [0.05, 0.1) is 13.0 Å². The summed E-state index contributed by atoms with van der Waals surface area (Å²) in [4.78, 5) is 14.6. The molecule has 0 radical (unpaired) electrons. The van der Waals surface area contributed by atoms with Gasteiger partial charge in [0.2, 0.25) is 12.7 Å². The summed E-state index contributed by atoms with van der Waals surface area (Å²) in [5.74, 6) is 2.19. The zero-order chi connectivity index (χ0) is 18.5. The first-order chi connectivity index (χ1) is 13.3. The molecule has 1 fully saturated rings. The van der Waals surface area contributed by atoms with Gasteiger partial charge in [0, 0.05) is 19.7 Å². The Hall–Kier alpha value is -2.53. The van der Waals surface area contributed by atoms with Crippen LogP contribution in [0.1, 0.15) is 24.0 Å². The molecule has 0 aliphatic carbocycles. The number of fused-ring (bicyclic) bond motifs is 1. The van der Waals surface area contributed by atoms with Crippen molar-refractivity contribution < 1.29 is 19.0 Å². The van der Waals surface area contributed by atoms with Crippen molar-refractivity contribution in [2.24, 2.45) is 5.92 Å². The predicted octanol–water partition coefficient (Wildman–Crippen LogP) is 3.41. The topological polar surface area (TPSA) is 48.0 Å². The molecule has 4 rings (SSSR count). The maximum Gasteiger partial charge on any atom is 0.231 e. The number of benzene rings is 2. The van der Waals surface area contributed by atoms with Crippen molar-refractivity contribution in [2.45, 2.75) is 25.9 Å². The van der Waals surface area contributed by atoms with Gasteiger partial charge < -0.3 is 19.1 Å². The van der Waals surface area contributed by atoms with E-state index in [4.69, 9.17) is 14.2 Å². The third-order valence-electron chi connectivity index (χ3n) is 5.22. The van der Waals surface area contributed by atoms with Gasteiger partial charge in [-0.3, -0.25) is 4.79 Å². The Morgan fingerprint density at radius 2 is 1.78 bits per heavy atom. The van der Waals surface area contributed by atoms with Crippen LogP contribution in [-0.4, -0.2) is 37.3 Å². The van der Waals surface area contributed by atoms with Crippen LogP contribution in [0.3, 0.4) is 0 Å². The molecule has 0 unspecified atom stereocenters. The van der Waals surface area contributed by atoms with Crippen molar-refractivity contribution in [3.05, 3.63) is 59.7 Å². The standard InChI is InChI=1S/C22H25NO4/c24-22(13-19-6-7-20-21(12-19)27-16-26-20)23-10-8-18(9-11-23)15-25-14-17-4-2-1-3-5-17/h1-7,12,18H,8-11,13-16H2. The first kappa shape index (κ1) is 17.9. The Labute approximate surface area is 159 Å². The number of hydrogen-bond donors (Lipinski definition) is 0. The van der Waals surface area contributed by atoms with E-state index in [1.807, 2.05) is 41.3 Å². The number of likely N-dealkylation sites (tertiary alicyclic amines) is 1. The highest BCUT2D eigenvalue weighted by atomic mass is 16.7. The number of carbonyl (C=O) groups is 1. The van der Waals surface area contributed by atoms with Crippen LogP contribution >= 0.6 is 0 Å². The summed E-state index contributed by atoms with van der Waals surface area (Å²) in [6.07, 6.45) is 2.41. The lowest BCUT2D eigenvalue weighted by Gasteiger charge is -2.32. The number of ether oxygens (including phenoxy) is 3. The fraction of sp³-hybridized carbons (Fsp3) is 0.409. The Morgan fingerprint density at radius 1 is 1.00 bits per heavy atom. The van der Waals surface area contributed by atoms with Gasteiger partial charge in [0.1, 0.15) is 0 Å². The monoisotopic (exact) mass is 367 g/mol. The molecule has 2 heterocycles. The number of amides is 1. The lowest BCUT2D eigenvalue weighted by Crippen LogP contribution is -2.40. The molecule has 2 aromatic carbocycles. The number of rotatable bonds is 6. The fourth-order valence-corrected chi connectivity index (χ4v) is 3.60. The maximum absolute atomic E-state index is 12.6. The molecule has 27 heavy (non-hydrogen) atoms. The molecule has 2 aliphatic rings. The molecule has 0 atom stereocenters. The highest BCUT2D eigenvalue weighted by Gasteiger charge is 2.23. The van der Waals surface area contributed by atoms with E-state index in [1.165, 1.54) is 5.56 Å². The van der Waals surface area contributed by atoms with Crippen molar-refractivity contribution in [1.82, 2.24) is 4.90 Å². The zero-order valence-corrected chi connectivity index (χ0v) is 15.4. The Morgan fingerprint density at radius 3 is 2.59 bits per heavy atom. The van der Waals surface area contributed by atoms with Crippen molar-refractivity contribution in [2.75, 3.05) is 26.5 Å². The molecule has 1 amide bonds. The van der Waals surface area contributed by atoms with Crippen molar-refractivity contribution in [1.29, 1.82) is 0 Å². The molecule has 0 N–H and O–H groups in total. The van der Waals surface area contributed by atoms with E-state index in [0.717, 1.165) is 49.6 Å². The Kier molecular flexibility index (Phi) is 5.58. The van der Waals surface area contributed by atoms with Crippen molar-refractivity contribution in [3.8, 4) is 11.5 Å². The SMILES string of the molecule is O=C(Cc1ccc2c(c1)OCO2)N1CCC(COCc2ccccc2)CC1. The van der Waals surface area contributed by atoms with Gasteiger partial charge >= 0.3 is 0 Å². The van der Waals surface area contributed by atoms with Crippen molar-refractivity contribution in [3.63, 3.8) is 0 Å². The number of carbonyl (C=O) groups excluding carboxylic acids is 1. The predicted molar refractivity (Wildman–Crippen MR) is 102 cm³/mol. The van der Waals surface area contributed by atoms with Gasteiger partial charge in [-0.05, 0) is 42.0 Å². The molecule has 0 saturated carbocycles. The summed E-state index contributed by atoms with van der Waals surface area (Å²) >= 11 is 0. The van der Waals surface area contributed by atoms with Gasteiger partial charge in [-0.15, -0.1) is 0 Å². The van der Waals surface area contributed by atoms with Crippen LogP contribution in [0.5, 0.6) is 11.5 Å². The van der Waals surface area contributed by atoms with Crippen LogP contribution in [0.4, 0.5) is 0 Å². The highest BCUT2D eigenvalue weighted by Crippen LogP contribution is 2.32. The van der Waals surface area contributed by atoms with Gasteiger partial charge in [-0.25, -0.2) is 0 Å². The van der Waals surface area contributed by atoms with Crippen LogP contribution in [0.15, 0.2) is 48.5 Å². The summed E-state index contributed by atoms with van der Waals surface area (Å²) < 4.78 is 16.6. The number of piperidine rings is 1. The minimum atomic E-state index is 0.178. The molecule has 1 saturated heterocycles. The first-order valence-corrected chi connectivity index (χ1v) is 9.56. The van der Waals surface area contributed by atoms with E-state index < -0.39 is 0 Å². The van der Waals surface area contributed by atoms with E-state index in [2.05, 4.69) is 12.1 Å². The minimum Gasteiger partial charge on any atom is -0.454 e. The summed E-state index contributed by atoms with van der Waals surface area (Å²) in [6, 6.07) is 16.0. The zero-order valence-electron chi connectivity index (χ0n) is 15.4. The normalized spacial score (nSPS) is 16.5. The molecule has 0 bridgehead atoms. The second-order valence-corrected chi connectivity index (χ2v) is 7.19. The van der Waals surface area contributed by atoms with Crippen LogP contribution < -0.4 is 9.47 Å². The second kappa shape index (κ2) is 8.44. The molecule has 5 nitrogen and oxygen atoms in total. The molecular formula is C22H25NO4. The number of nitrogens with zero attached hydrogens (tertiary/aromatic N) is 1. The average molecular weight is 367 g/mol. The van der Waals surface area contributed by atoms with Gasteiger partial charge in [0.15, 0.2) is 11.5 Å². The third kappa shape index (κ3) is 4.61. The molecule has 142 valence electrons. The largest absolute Gasteiger partial charge is 0.454 e. The summed E-state index contributed by atoms with van der Waals surface area (Å²) in [5, 5.41) is 0. The molecular weight excluding hydrogens is 342 g/mol. The third-order valence-corrected chi connectivity index (χ3v) is 5.22. The summed E-state index contributed by atoms with van der Waals surface area (Å²) in [5.41, 5.74) is 2.17. The molecule has 2 aliphatic heterocycles. The van der Waals surface area contributed by atoms with Crippen LogP contribution in [0.25, 0.3) is 0 Å². The highest BCUT2D eigenvalue weighted by molar-refractivity contribution is 5.79. The first-order valence-electron chi connectivity index (χ1n) is 9.56. The minimum absolute atomic E-state index is 0.178. The lowest BCUT2D eigenvalue weighted by molar-refractivity contribution is -0.132. The van der Waals surface area contributed by atoms with Crippen LogP contribution in [-0.2, 0) is 22.6 Å². The van der Waals surface area contributed by atoms with Crippen molar-refractivity contribution >= 4 is 5.91 Å². The van der Waals surface area contributed by atoms with Gasteiger partial charge in [0.25, 0.3) is 0 Å². The number of hydrogen-bond acceptors (Lipinski definition) is 4. The Bertz CT molecular complexity index is 769.